The van der Waals surface area contributed by atoms with Crippen LogP contribution in [0.1, 0.15) is 18.4 Å². The molecule has 0 heterocycles. The van der Waals surface area contributed by atoms with Gasteiger partial charge in [-0.3, -0.25) is 0 Å². The average molecular weight is 243 g/mol. The first-order valence-corrected chi connectivity index (χ1v) is 5.36. The summed E-state index contributed by atoms with van der Waals surface area (Å²) in [5.41, 5.74) is 6.42. The Kier molecular flexibility index (Phi) is 4.92. The van der Waals surface area contributed by atoms with Gasteiger partial charge in [-0.2, -0.15) is 0 Å². The van der Waals surface area contributed by atoms with Crippen molar-refractivity contribution in [2.75, 3.05) is 6.61 Å². The molecule has 0 saturated heterocycles. The molecule has 0 unspecified atom stereocenters. The monoisotopic (exact) mass is 242 g/mol. The summed E-state index contributed by atoms with van der Waals surface area (Å²) in [6, 6.07) is 5.60. The Bertz CT molecular complexity index is 380. The molecule has 0 aliphatic carbocycles. The van der Waals surface area contributed by atoms with Gasteiger partial charge in [-0.05, 0) is 31.0 Å². The van der Waals surface area contributed by atoms with Gasteiger partial charge in [-0.1, -0.05) is 22.8 Å². The van der Waals surface area contributed by atoms with E-state index in [1.807, 2.05) is 19.1 Å². The van der Waals surface area contributed by atoms with Crippen LogP contribution in [0, 0.1) is 6.92 Å². The number of hydrogen-bond acceptors (Lipinski definition) is 3. The normalized spacial score (nSPS) is 11.5. The largest absolute Gasteiger partial charge is 0.492 e. The third-order valence-electron chi connectivity index (χ3n) is 2.05. The van der Waals surface area contributed by atoms with Gasteiger partial charge < -0.3 is 15.7 Å². The molecule has 5 heteroatoms. The Labute approximate surface area is 99.7 Å². The third-order valence-corrected chi connectivity index (χ3v) is 2.36. The summed E-state index contributed by atoms with van der Waals surface area (Å²) >= 11 is 5.95. The number of rotatable bonds is 5. The average Bonchev–Trinajstić information content (AvgIpc) is 2.28. The van der Waals surface area contributed by atoms with Crippen molar-refractivity contribution in [1.82, 2.24) is 0 Å². The molecule has 3 N–H and O–H groups in total. The highest BCUT2D eigenvalue weighted by Gasteiger charge is 2.01. The first-order valence-electron chi connectivity index (χ1n) is 4.99. The van der Waals surface area contributed by atoms with Gasteiger partial charge in [0.15, 0.2) is 0 Å². The van der Waals surface area contributed by atoms with E-state index in [0.717, 1.165) is 5.56 Å². The molecule has 0 saturated carbocycles. The van der Waals surface area contributed by atoms with E-state index in [9.17, 15) is 0 Å². The van der Waals surface area contributed by atoms with Crippen molar-refractivity contribution in [1.29, 1.82) is 0 Å². The Hall–Kier alpha value is -1.42. The number of nitrogens with two attached hydrogens (primary N) is 1. The van der Waals surface area contributed by atoms with Crippen LogP contribution in [0.2, 0.25) is 5.02 Å². The Balaban J connectivity index is 2.40. The van der Waals surface area contributed by atoms with Gasteiger partial charge in [0, 0.05) is 6.42 Å². The predicted octanol–water partition coefficient (Wildman–Crippen LogP) is 2.55. The molecule has 4 nitrogen and oxygen atoms in total. The minimum Gasteiger partial charge on any atom is -0.492 e. The molecular formula is C11H15ClN2O2. The first kappa shape index (κ1) is 12.6. The van der Waals surface area contributed by atoms with E-state index < -0.39 is 0 Å². The SMILES string of the molecule is Cc1ccc(Cl)c(OCCC/C(N)=N/O)c1. The molecule has 0 radical (unpaired) electrons. The van der Waals surface area contributed by atoms with Gasteiger partial charge in [0.25, 0.3) is 0 Å². The molecule has 0 atom stereocenters. The summed E-state index contributed by atoms with van der Waals surface area (Å²) in [7, 11) is 0. The Morgan fingerprint density at radius 1 is 1.56 bits per heavy atom. The highest BCUT2D eigenvalue weighted by molar-refractivity contribution is 6.32. The number of ether oxygens (including phenoxy) is 1. The van der Waals surface area contributed by atoms with E-state index >= 15 is 0 Å². The summed E-state index contributed by atoms with van der Waals surface area (Å²) in [4.78, 5) is 0. The standard InChI is InChI=1S/C11H15ClN2O2/c1-8-4-5-9(12)10(7-8)16-6-2-3-11(13)14-15/h4-5,7,15H,2-3,6H2,1H3,(H2,13,14). The maximum Gasteiger partial charge on any atom is 0.139 e. The molecule has 1 aromatic carbocycles. The number of hydrogen-bond donors (Lipinski definition) is 2. The van der Waals surface area contributed by atoms with Crippen LogP contribution in [-0.2, 0) is 0 Å². The van der Waals surface area contributed by atoms with Crippen molar-refractivity contribution < 1.29 is 9.94 Å². The van der Waals surface area contributed by atoms with Crippen LogP contribution in [0.5, 0.6) is 5.75 Å². The fraction of sp³-hybridized carbons (Fsp3) is 0.364. The molecule has 0 fully saturated rings. The second-order valence-corrected chi connectivity index (χ2v) is 3.88. The zero-order valence-electron chi connectivity index (χ0n) is 9.11. The van der Waals surface area contributed by atoms with Crippen molar-refractivity contribution in [2.45, 2.75) is 19.8 Å². The summed E-state index contributed by atoms with van der Waals surface area (Å²) < 4.78 is 5.49. The maximum absolute atomic E-state index is 8.33. The molecule has 0 spiro atoms. The van der Waals surface area contributed by atoms with E-state index in [1.165, 1.54) is 0 Å². The summed E-state index contributed by atoms with van der Waals surface area (Å²) in [6.07, 6.45) is 1.18. The number of aryl methyl sites for hydroxylation is 1. The molecule has 1 rings (SSSR count). The van der Waals surface area contributed by atoms with E-state index in [0.29, 0.717) is 30.2 Å². The molecule has 0 aliphatic heterocycles. The summed E-state index contributed by atoms with van der Waals surface area (Å²) in [5.74, 6) is 0.875. The van der Waals surface area contributed by atoms with Crippen molar-refractivity contribution >= 4 is 17.4 Å². The highest BCUT2D eigenvalue weighted by Crippen LogP contribution is 2.25. The Morgan fingerprint density at radius 2 is 2.31 bits per heavy atom. The highest BCUT2D eigenvalue weighted by atomic mass is 35.5. The fourth-order valence-corrected chi connectivity index (χ4v) is 1.38. The molecular weight excluding hydrogens is 228 g/mol. The number of benzene rings is 1. The summed E-state index contributed by atoms with van der Waals surface area (Å²) in [5, 5.41) is 11.8. The zero-order chi connectivity index (χ0) is 12.0. The minimum absolute atomic E-state index is 0.207. The number of nitrogens with zero attached hydrogens (tertiary/aromatic N) is 1. The quantitative estimate of drug-likeness (QED) is 0.274. The summed E-state index contributed by atoms with van der Waals surface area (Å²) in [6.45, 7) is 2.46. The van der Waals surface area contributed by atoms with Gasteiger partial charge in [0.1, 0.15) is 11.6 Å². The van der Waals surface area contributed by atoms with Crippen LogP contribution < -0.4 is 10.5 Å². The van der Waals surface area contributed by atoms with Crippen molar-refractivity contribution in [2.24, 2.45) is 10.9 Å². The fourth-order valence-electron chi connectivity index (χ4n) is 1.21. The predicted molar refractivity (Wildman–Crippen MR) is 64.3 cm³/mol. The van der Waals surface area contributed by atoms with Crippen LogP contribution in [0.3, 0.4) is 0 Å². The first-order chi connectivity index (χ1) is 7.63. The lowest BCUT2D eigenvalue weighted by atomic mass is 10.2. The van der Waals surface area contributed by atoms with E-state index in [2.05, 4.69) is 5.16 Å². The molecule has 0 aromatic heterocycles. The smallest absolute Gasteiger partial charge is 0.139 e. The van der Waals surface area contributed by atoms with Crippen LogP contribution in [0.25, 0.3) is 0 Å². The van der Waals surface area contributed by atoms with E-state index in [1.54, 1.807) is 6.07 Å². The second kappa shape index (κ2) is 6.23. The molecule has 0 amide bonds. The molecule has 0 aliphatic rings. The molecule has 1 aromatic rings. The minimum atomic E-state index is 0.207. The van der Waals surface area contributed by atoms with Crippen LogP contribution in [-0.4, -0.2) is 17.6 Å². The molecule has 16 heavy (non-hydrogen) atoms. The number of oxime groups is 1. The Morgan fingerprint density at radius 3 is 3.00 bits per heavy atom. The van der Waals surface area contributed by atoms with Crippen LogP contribution in [0.4, 0.5) is 0 Å². The lowest BCUT2D eigenvalue weighted by Gasteiger charge is -2.08. The van der Waals surface area contributed by atoms with Crippen molar-refractivity contribution in [3.05, 3.63) is 28.8 Å². The molecule has 88 valence electrons. The van der Waals surface area contributed by atoms with Gasteiger partial charge in [-0.15, -0.1) is 0 Å². The van der Waals surface area contributed by atoms with Gasteiger partial charge in [0.05, 0.1) is 11.6 Å². The van der Waals surface area contributed by atoms with Crippen LogP contribution in [0.15, 0.2) is 23.4 Å². The number of halogens is 1. The lowest BCUT2D eigenvalue weighted by molar-refractivity contribution is 0.305. The van der Waals surface area contributed by atoms with Crippen molar-refractivity contribution in [3.8, 4) is 5.75 Å². The number of amidine groups is 1. The molecule has 0 bridgehead atoms. The second-order valence-electron chi connectivity index (χ2n) is 3.48. The van der Waals surface area contributed by atoms with Gasteiger partial charge >= 0.3 is 0 Å². The topological polar surface area (TPSA) is 67.8 Å². The van der Waals surface area contributed by atoms with E-state index in [-0.39, 0.29) is 5.84 Å². The van der Waals surface area contributed by atoms with Crippen LogP contribution >= 0.6 is 11.6 Å². The lowest BCUT2D eigenvalue weighted by Crippen LogP contribution is -2.12. The zero-order valence-corrected chi connectivity index (χ0v) is 9.87. The van der Waals surface area contributed by atoms with E-state index in [4.69, 9.17) is 27.3 Å². The third kappa shape index (κ3) is 3.98. The maximum atomic E-state index is 8.33. The van der Waals surface area contributed by atoms with Gasteiger partial charge in [-0.25, -0.2) is 0 Å². The van der Waals surface area contributed by atoms with Gasteiger partial charge in [0.2, 0.25) is 0 Å². The van der Waals surface area contributed by atoms with Crippen molar-refractivity contribution in [3.63, 3.8) is 0 Å².